The van der Waals surface area contributed by atoms with Crippen LogP contribution in [0.4, 0.5) is 4.39 Å². The fourth-order valence-corrected chi connectivity index (χ4v) is 3.95. The number of aryl methyl sites for hydroxylation is 2. The molecule has 7 heteroatoms. The first-order valence-electron chi connectivity index (χ1n) is 9.96. The van der Waals surface area contributed by atoms with Gasteiger partial charge in [-0.1, -0.05) is 18.2 Å². The van der Waals surface area contributed by atoms with Crippen LogP contribution < -0.4 is 11.0 Å². The summed E-state index contributed by atoms with van der Waals surface area (Å²) >= 11 is 0. The summed E-state index contributed by atoms with van der Waals surface area (Å²) in [4.78, 5) is 13.3. The summed E-state index contributed by atoms with van der Waals surface area (Å²) in [7, 11) is 0. The highest BCUT2D eigenvalue weighted by Gasteiger charge is 2.28. The summed E-state index contributed by atoms with van der Waals surface area (Å²) in [5.41, 5.74) is 3.46. The molecule has 2 aromatic carbocycles. The number of hydrogen-bond acceptors (Lipinski definition) is 3. The predicted octanol–water partition coefficient (Wildman–Crippen LogP) is 3.26. The van der Waals surface area contributed by atoms with E-state index in [1.165, 1.54) is 0 Å². The maximum atomic E-state index is 14.2. The Morgan fingerprint density at radius 2 is 1.67 bits per heavy atom. The first-order valence-corrected chi connectivity index (χ1v) is 9.96. The zero-order valence-electron chi connectivity index (χ0n) is 16.8. The SMILES string of the molecule is Cc1cc(-n2ncc(C3CNC3)c2-n2ccn(-c3ccccc3)c2=O)cc(C)c1F. The van der Waals surface area contributed by atoms with Crippen LogP contribution in [0.25, 0.3) is 17.2 Å². The van der Waals surface area contributed by atoms with E-state index < -0.39 is 0 Å². The van der Waals surface area contributed by atoms with Gasteiger partial charge in [-0.2, -0.15) is 5.10 Å². The minimum Gasteiger partial charge on any atom is -0.315 e. The number of aromatic nitrogens is 4. The summed E-state index contributed by atoms with van der Waals surface area (Å²) in [5.74, 6) is 0.762. The van der Waals surface area contributed by atoms with Crippen LogP contribution >= 0.6 is 0 Å². The minimum atomic E-state index is -0.219. The molecule has 1 N–H and O–H groups in total. The number of benzene rings is 2. The molecule has 4 aromatic rings. The Balaban J connectivity index is 1.71. The molecule has 30 heavy (non-hydrogen) atoms. The molecule has 2 aromatic heterocycles. The first kappa shape index (κ1) is 18.6. The van der Waals surface area contributed by atoms with Crippen molar-refractivity contribution < 1.29 is 4.39 Å². The average Bonchev–Trinajstić information content (AvgIpc) is 3.28. The molecule has 3 heterocycles. The second-order valence-corrected chi connectivity index (χ2v) is 7.74. The van der Waals surface area contributed by atoms with Crippen molar-refractivity contribution in [2.75, 3.05) is 13.1 Å². The molecule has 1 saturated heterocycles. The Hall–Kier alpha value is -3.45. The summed E-state index contributed by atoms with van der Waals surface area (Å²) in [5, 5.41) is 7.88. The fraction of sp³-hybridized carbons (Fsp3) is 0.217. The number of nitrogens with one attached hydrogen (secondary N) is 1. The average molecular weight is 403 g/mol. The summed E-state index contributed by atoms with van der Waals surface area (Å²) in [6.07, 6.45) is 5.35. The highest BCUT2D eigenvalue weighted by molar-refractivity contribution is 5.48. The smallest absolute Gasteiger partial charge is 0.315 e. The summed E-state index contributed by atoms with van der Waals surface area (Å²) in [6.45, 7) is 5.16. The Kier molecular flexibility index (Phi) is 4.40. The van der Waals surface area contributed by atoms with E-state index in [4.69, 9.17) is 0 Å². The van der Waals surface area contributed by atoms with E-state index >= 15 is 0 Å². The van der Waals surface area contributed by atoms with Crippen molar-refractivity contribution in [3.63, 3.8) is 0 Å². The van der Waals surface area contributed by atoms with Gasteiger partial charge in [0.05, 0.1) is 17.6 Å². The lowest BCUT2D eigenvalue weighted by molar-refractivity contribution is 0.447. The fourth-order valence-electron chi connectivity index (χ4n) is 3.95. The molecule has 5 rings (SSSR count). The van der Waals surface area contributed by atoms with Gasteiger partial charge in [0.1, 0.15) is 11.6 Å². The van der Waals surface area contributed by atoms with E-state index in [2.05, 4.69) is 10.4 Å². The van der Waals surface area contributed by atoms with E-state index in [0.29, 0.717) is 16.9 Å². The maximum Gasteiger partial charge on any atom is 0.338 e. The van der Waals surface area contributed by atoms with Crippen molar-refractivity contribution in [2.45, 2.75) is 19.8 Å². The lowest BCUT2D eigenvalue weighted by atomic mass is 9.96. The van der Waals surface area contributed by atoms with Crippen LogP contribution in [0.5, 0.6) is 0 Å². The van der Waals surface area contributed by atoms with E-state index in [0.717, 1.165) is 30.0 Å². The third-order valence-corrected chi connectivity index (χ3v) is 5.70. The molecule has 0 aliphatic carbocycles. The van der Waals surface area contributed by atoms with Crippen molar-refractivity contribution in [2.24, 2.45) is 0 Å². The molecule has 0 spiro atoms. The Bertz CT molecular complexity index is 1260. The largest absolute Gasteiger partial charge is 0.338 e. The minimum absolute atomic E-state index is 0.174. The highest BCUT2D eigenvalue weighted by Crippen LogP contribution is 2.29. The van der Waals surface area contributed by atoms with Crippen LogP contribution in [-0.4, -0.2) is 32.0 Å². The normalized spacial score (nSPS) is 14.1. The first-order chi connectivity index (χ1) is 14.5. The zero-order chi connectivity index (χ0) is 20.8. The lowest BCUT2D eigenvalue weighted by Crippen LogP contribution is -2.40. The van der Waals surface area contributed by atoms with Crippen molar-refractivity contribution in [3.8, 4) is 17.2 Å². The van der Waals surface area contributed by atoms with Crippen molar-refractivity contribution in [3.05, 3.63) is 94.0 Å². The molecule has 1 fully saturated rings. The molecule has 0 saturated carbocycles. The molecule has 0 atom stereocenters. The molecule has 6 nitrogen and oxygen atoms in total. The Morgan fingerprint density at radius 3 is 2.30 bits per heavy atom. The Labute approximate surface area is 173 Å². The van der Waals surface area contributed by atoms with Gasteiger partial charge in [0.25, 0.3) is 0 Å². The molecule has 0 unspecified atom stereocenters. The van der Waals surface area contributed by atoms with Crippen molar-refractivity contribution in [1.82, 2.24) is 24.2 Å². The van der Waals surface area contributed by atoms with Crippen LogP contribution in [0.2, 0.25) is 0 Å². The maximum absolute atomic E-state index is 14.2. The number of imidazole rings is 1. The van der Waals surface area contributed by atoms with Gasteiger partial charge in [-0.25, -0.2) is 13.9 Å². The van der Waals surface area contributed by atoms with Gasteiger partial charge >= 0.3 is 5.69 Å². The molecular weight excluding hydrogens is 381 g/mol. The monoisotopic (exact) mass is 403 g/mol. The third-order valence-electron chi connectivity index (χ3n) is 5.70. The van der Waals surface area contributed by atoms with Gasteiger partial charge in [0, 0.05) is 37.0 Å². The van der Waals surface area contributed by atoms with E-state index in [1.54, 1.807) is 52.2 Å². The van der Waals surface area contributed by atoms with Gasteiger partial charge in [-0.15, -0.1) is 0 Å². The number of nitrogens with zero attached hydrogens (tertiary/aromatic N) is 4. The van der Waals surface area contributed by atoms with Crippen LogP contribution in [0, 0.1) is 19.7 Å². The number of halogens is 1. The molecule has 1 aliphatic heterocycles. The van der Waals surface area contributed by atoms with E-state index in [-0.39, 0.29) is 17.4 Å². The topological polar surface area (TPSA) is 56.8 Å². The van der Waals surface area contributed by atoms with Crippen LogP contribution in [-0.2, 0) is 0 Å². The molecule has 0 bridgehead atoms. The van der Waals surface area contributed by atoms with Gasteiger partial charge in [-0.3, -0.25) is 9.13 Å². The standard InChI is InChI=1S/C23H22FN5O/c1-15-10-19(11-16(2)21(15)24)29-22(20(14-26-29)17-12-25-13-17)28-9-8-27(23(28)30)18-6-4-3-5-7-18/h3-11,14,17,25H,12-13H2,1-2H3. The second kappa shape index (κ2) is 7.11. The summed E-state index contributed by atoms with van der Waals surface area (Å²) in [6, 6.07) is 13.0. The third kappa shape index (κ3) is 2.90. The van der Waals surface area contributed by atoms with Crippen LogP contribution in [0.3, 0.4) is 0 Å². The van der Waals surface area contributed by atoms with E-state index in [1.807, 2.05) is 36.5 Å². The molecule has 1 aliphatic rings. The quantitative estimate of drug-likeness (QED) is 0.569. The Morgan fingerprint density at radius 1 is 1.00 bits per heavy atom. The molecular formula is C23H22FN5O. The number of hydrogen-bond donors (Lipinski definition) is 1. The lowest BCUT2D eigenvalue weighted by Gasteiger charge is -2.27. The number of rotatable bonds is 4. The molecule has 0 radical (unpaired) electrons. The van der Waals surface area contributed by atoms with Gasteiger partial charge in [0.15, 0.2) is 0 Å². The van der Waals surface area contributed by atoms with Crippen LogP contribution in [0.1, 0.15) is 22.6 Å². The highest BCUT2D eigenvalue weighted by atomic mass is 19.1. The van der Waals surface area contributed by atoms with Crippen molar-refractivity contribution in [1.29, 1.82) is 0 Å². The van der Waals surface area contributed by atoms with Crippen LogP contribution in [0.15, 0.2) is 65.8 Å². The zero-order valence-corrected chi connectivity index (χ0v) is 16.8. The van der Waals surface area contributed by atoms with Crippen molar-refractivity contribution >= 4 is 0 Å². The molecule has 152 valence electrons. The van der Waals surface area contributed by atoms with E-state index in [9.17, 15) is 9.18 Å². The summed E-state index contributed by atoms with van der Waals surface area (Å²) < 4.78 is 19.2. The van der Waals surface area contributed by atoms with Gasteiger partial charge in [-0.05, 0) is 49.2 Å². The molecule has 0 amide bonds. The predicted molar refractivity (Wildman–Crippen MR) is 114 cm³/mol. The van der Waals surface area contributed by atoms with Gasteiger partial charge in [0.2, 0.25) is 0 Å². The second-order valence-electron chi connectivity index (χ2n) is 7.74. The van der Waals surface area contributed by atoms with Gasteiger partial charge < -0.3 is 5.32 Å². The number of para-hydroxylation sites is 1.